The first-order valence-corrected chi connectivity index (χ1v) is 5.14. The molecule has 1 heterocycles. The van der Waals surface area contributed by atoms with Crippen LogP contribution < -0.4 is 0 Å². The van der Waals surface area contributed by atoms with Crippen molar-refractivity contribution in [2.24, 2.45) is 5.92 Å². The summed E-state index contributed by atoms with van der Waals surface area (Å²) in [5.74, 6) is 0.722. The average molecular weight is 269 g/mol. The monoisotopic (exact) mass is 269 g/mol. The van der Waals surface area contributed by atoms with Gasteiger partial charge < -0.3 is 4.74 Å². The molecule has 0 saturated carbocycles. The van der Waals surface area contributed by atoms with Crippen molar-refractivity contribution in [1.82, 2.24) is 3.11 Å². The Labute approximate surface area is 82.8 Å². The SMILES string of the molecule is CO[C@@H]1CN(I)CCCC1C. The van der Waals surface area contributed by atoms with Gasteiger partial charge in [0, 0.05) is 43.1 Å². The molecule has 1 aliphatic heterocycles. The predicted molar refractivity (Wildman–Crippen MR) is 54.8 cm³/mol. The van der Waals surface area contributed by atoms with Gasteiger partial charge in [0.1, 0.15) is 0 Å². The zero-order valence-electron chi connectivity index (χ0n) is 7.22. The van der Waals surface area contributed by atoms with Crippen LogP contribution in [-0.4, -0.2) is 29.4 Å². The second kappa shape index (κ2) is 4.62. The molecule has 1 rings (SSSR count). The Kier molecular flexibility index (Phi) is 4.09. The Balaban J connectivity index is 2.45. The molecule has 0 spiro atoms. The number of nitrogens with zero attached hydrogens (tertiary/aromatic N) is 1. The van der Waals surface area contributed by atoms with Crippen molar-refractivity contribution < 1.29 is 4.74 Å². The molecule has 2 nitrogen and oxygen atoms in total. The quantitative estimate of drug-likeness (QED) is 0.534. The molecular weight excluding hydrogens is 253 g/mol. The van der Waals surface area contributed by atoms with Crippen molar-refractivity contribution in [3.63, 3.8) is 0 Å². The summed E-state index contributed by atoms with van der Waals surface area (Å²) in [6, 6.07) is 0. The third kappa shape index (κ3) is 2.87. The van der Waals surface area contributed by atoms with Gasteiger partial charge in [0.05, 0.1) is 6.10 Å². The topological polar surface area (TPSA) is 12.5 Å². The zero-order chi connectivity index (χ0) is 8.27. The highest BCUT2D eigenvalue weighted by Crippen LogP contribution is 2.21. The molecule has 1 aliphatic rings. The maximum Gasteiger partial charge on any atom is 0.0731 e. The van der Waals surface area contributed by atoms with Crippen LogP contribution in [0.1, 0.15) is 19.8 Å². The fourth-order valence-corrected chi connectivity index (χ4v) is 2.27. The van der Waals surface area contributed by atoms with Crippen molar-refractivity contribution in [3.8, 4) is 0 Å². The molecule has 1 fully saturated rings. The number of rotatable bonds is 1. The van der Waals surface area contributed by atoms with Crippen molar-refractivity contribution in [2.45, 2.75) is 25.9 Å². The van der Waals surface area contributed by atoms with Crippen LogP contribution >= 0.6 is 22.9 Å². The maximum atomic E-state index is 5.41. The highest BCUT2D eigenvalue weighted by molar-refractivity contribution is 14.1. The number of halogens is 1. The first kappa shape index (κ1) is 9.74. The molecule has 2 atom stereocenters. The van der Waals surface area contributed by atoms with Gasteiger partial charge in [-0.15, -0.1) is 0 Å². The minimum Gasteiger partial charge on any atom is -0.380 e. The molecule has 0 N–H and O–H groups in total. The Morgan fingerprint density at radius 1 is 1.55 bits per heavy atom. The van der Waals surface area contributed by atoms with E-state index in [0.29, 0.717) is 6.10 Å². The van der Waals surface area contributed by atoms with E-state index in [1.54, 1.807) is 0 Å². The van der Waals surface area contributed by atoms with Gasteiger partial charge in [-0.2, -0.15) is 0 Å². The van der Waals surface area contributed by atoms with Crippen molar-refractivity contribution in [1.29, 1.82) is 0 Å². The lowest BCUT2D eigenvalue weighted by Gasteiger charge is -2.21. The van der Waals surface area contributed by atoms with Crippen LogP contribution in [0.4, 0.5) is 0 Å². The molecule has 0 aliphatic carbocycles. The summed E-state index contributed by atoms with van der Waals surface area (Å²) in [6.07, 6.45) is 3.05. The molecule has 1 saturated heterocycles. The number of methoxy groups -OCH3 is 1. The lowest BCUT2D eigenvalue weighted by atomic mass is 10.0. The summed E-state index contributed by atoms with van der Waals surface area (Å²) in [5.41, 5.74) is 0. The second-order valence-electron chi connectivity index (χ2n) is 3.26. The van der Waals surface area contributed by atoms with E-state index in [2.05, 4.69) is 32.9 Å². The number of hydrogen-bond acceptors (Lipinski definition) is 2. The van der Waals surface area contributed by atoms with E-state index in [1.165, 1.54) is 19.4 Å². The van der Waals surface area contributed by atoms with E-state index in [-0.39, 0.29) is 0 Å². The standard InChI is InChI=1S/C8H16INO/c1-7-4-3-5-10(9)6-8(7)11-2/h7-8H,3-6H2,1-2H3/t7?,8-/m1/s1. The Bertz CT molecular complexity index is 121. The molecule has 66 valence electrons. The summed E-state index contributed by atoms with van der Waals surface area (Å²) in [4.78, 5) is 0. The molecule has 3 heteroatoms. The summed E-state index contributed by atoms with van der Waals surface area (Å²) in [6.45, 7) is 4.58. The van der Waals surface area contributed by atoms with Gasteiger partial charge in [0.15, 0.2) is 0 Å². The third-order valence-electron chi connectivity index (χ3n) is 2.38. The van der Waals surface area contributed by atoms with Crippen LogP contribution in [0.5, 0.6) is 0 Å². The molecule has 0 radical (unpaired) electrons. The first-order valence-electron chi connectivity index (χ1n) is 4.17. The fourth-order valence-electron chi connectivity index (χ4n) is 1.54. The van der Waals surface area contributed by atoms with E-state index < -0.39 is 0 Å². The van der Waals surface area contributed by atoms with Crippen molar-refractivity contribution >= 4 is 22.9 Å². The summed E-state index contributed by atoms with van der Waals surface area (Å²) >= 11 is 2.38. The normalized spacial score (nSPS) is 35.2. The summed E-state index contributed by atoms with van der Waals surface area (Å²) in [7, 11) is 1.82. The van der Waals surface area contributed by atoms with Crippen LogP contribution in [0, 0.1) is 5.92 Å². The van der Waals surface area contributed by atoms with Crippen LogP contribution in [0.3, 0.4) is 0 Å². The van der Waals surface area contributed by atoms with E-state index in [4.69, 9.17) is 4.74 Å². The van der Waals surface area contributed by atoms with E-state index in [9.17, 15) is 0 Å². The minimum absolute atomic E-state index is 0.439. The lowest BCUT2D eigenvalue weighted by molar-refractivity contribution is 0.0551. The Morgan fingerprint density at radius 2 is 2.27 bits per heavy atom. The first-order chi connectivity index (χ1) is 5.24. The maximum absolute atomic E-state index is 5.41. The van der Waals surface area contributed by atoms with Crippen LogP contribution in [0.25, 0.3) is 0 Å². The molecule has 0 aromatic heterocycles. The molecular formula is C8H16INO. The highest BCUT2D eigenvalue weighted by atomic mass is 127. The highest BCUT2D eigenvalue weighted by Gasteiger charge is 2.22. The third-order valence-corrected chi connectivity index (χ3v) is 3.25. The van der Waals surface area contributed by atoms with Gasteiger partial charge in [-0.1, -0.05) is 6.92 Å². The van der Waals surface area contributed by atoms with Gasteiger partial charge in [0.2, 0.25) is 0 Å². The predicted octanol–water partition coefficient (Wildman–Crippen LogP) is 2.08. The van der Waals surface area contributed by atoms with Gasteiger partial charge in [0.25, 0.3) is 0 Å². The minimum atomic E-state index is 0.439. The van der Waals surface area contributed by atoms with Gasteiger partial charge >= 0.3 is 0 Å². The van der Waals surface area contributed by atoms with E-state index in [0.717, 1.165) is 12.5 Å². The van der Waals surface area contributed by atoms with E-state index >= 15 is 0 Å². The number of hydrogen-bond donors (Lipinski definition) is 0. The zero-order valence-corrected chi connectivity index (χ0v) is 9.37. The molecule has 1 unspecified atom stereocenters. The van der Waals surface area contributed by atoms with Gasteiger partial charge in [-0.3, -0.25) is 0 Å². The Hall–Kier alpha value is 0.650. The van der Waals surface area contributed by atoms with Crippen molar-refractivity contribution in [2.75, 3.05) is 20.2 Å². The van der Waals surface area contributed by atoms with Crippen molar-refractivity contribution in [3.05, 3.63) is 0 Å². The second-order valence-corrected chi connectivity index (χ2v) is 4.63. The molecule has 0 aromatic carbocycles. The van der Waals surface area contributed by atoms with Crippen LogP contribution in [0.15, 0.2) is 0 Å². The molecule has 0 amide bonds. The lowest BCUT2D eigenvalue weighted by Crippen LogP contribution is -2.28. The van der Waals surface area contributed by atoms with Crippen LogP contribution in [0.2, 0.25) is 0 Å². The smallest absolute Gasteiger partial charge is 0.0731 e. The molecule has 0 bridgehead atoms. The summed E-state index contributed by atoms with van der Waals surface area (Å²) in [5, 5.41) is 0. The fraction of sp³-hybridized carbons (Fsp3) is 1.00. The van der Waals surface area contributed by atoms with Crippen LogP contribution in [-0.2, 0) is 4.74 Å². The average Bonchev–Trinajstić information content (AvgIpc) is 2.13. The number of ether oxygens (including phenoxy) is 1. The largest absolute Gasteiger partial charge is 0.380 e. The van der Waals surface area contributed by atoms with Gasteiger partial charge in [-0.25, -0.2) is 3.11 Å². The molecule has 11 heavy (non-hydrogen) atoms. The van der Waals surface area contributed by atoms with E-state index in [1.807, 2.05) is 7.11 Å². The molecule has 0 aromatic rings. The summed E-state index contributed by atoms with van der Waals surface area (Å²) < 4.78 is 7.74. The van der Waals surface area contributed by atoms with Gasteiger partial charge in [-0.05, 0) is 18.8 Å². The Morgan fingerprint density at radius 3 is 2.91 bits per heavy atom.